The van der Waals surface area contributed by atoms with E-state index in [1.165, 1.54) is 186 Å². The lowest BCUT2D eigenvalue weighted by Crippen LogP contribution is -2.30. The molecular formula is C54H104O6. The second-order valence-corrected chi connectivity index (χ2v) is 19.2. The summed E-state index contributed by atoms with van der Waals surface area (Å²) in [4.78, 5) is 38.0. The monoisotopic (exact) mass is 849 g/mol. The summed E-state index contributed by atoms with van der Waals surface area (Å²) in [5.74, 6) is 0.865. The Morgan fingerprint density at radius 2 is 0.633 bits per heavy atom. The molecule has 0 N–H and O–H groups in total. The van der Waals surface area contributed by atoms with E-state index < -0.39 is 6.10 Å². The van der Waals surface area contributed by atoms with E-state index in [1.54, 1.807) is 0 Å². The lowest BCUT2D eigenvalue weighted by Gasteiger charge is -2.18. The number of ether oxygens (including phenoxy) is 3. The van der Waals surface area contributed by atoms with Crippen LogP contribution in [0.2, 0.25) is 0 Å². The molecule has 0 rings (SSSR count). The van der Waals surface area contributed by atoms with Gasteiger partial charge in [0.1, 0.15) is 13.2 Å². The zero-order valence-electron chi connectivity index (χ0n) is 41.1. The van der Waals surface area contributed by atoms with Crippen LogP contribution in [0.15, 0.2) is 0 Å². The highest BCUT2D eigenvalue weighted by Gasteiger charge is 2.19. The molecule has 356 valence electrons. The van der Waals surface area contributed by atoms with E-state index >= 15 is 0 Å². The minimum Gasteiger partial charge on any atom is -0.462 e. The van der Waals surface area contributed by atoms with Gasteiger partial charge in [-0.05, 0) is 31.1 Å². The fourth-order valence-corrected chi connectivity index (χ4v) is 8.13. The van der Waals surface area contributed by atoms with E-state index in [9.17, 15) is 14.4 Å². The van der Waals surface area contributed by atoms with Gasteiger partial charge in [0, 0.05) is 19.3 Å². The maximum atomic E-state index is 12.8. The number of carbonyl (C=O) groups excluding carboxylic acids is 3. The van der Waals surface area contributed by atoms with Crippen molar-refractivity contribution < 1.29 is 28.6 Å². The van der Waals surface area contributed by atoms with Gasteiger partial charge in [-0.1, -0.05) is 259 Å². The summed E-state index contributed by atoms with van der Waals surface area (Å²) in [6.45, 7) is 11.4. The Morgan fingerprint density at radius 1 is 0.350 bits per heavy atom. The van der Waals surface area contributed by atoms with Crippen LogP contribution in [0.4, 0.5) is 0 Å². The van der Waals surface area contributed by atoms with Crippen LogP contribution in [0.5, 0.6) is 0 Å². The first-order valence-corrected chi connectivity index (χ1v) is 26.8. The highest BCUT2D eigenvalue weighted by molar-refractivity contribution is 5.71. The number of carbonyl (C=O) groups is 3. The summed E-state index contributed by atoms with van der Waals surface area (Å²) in [6.07, 6.45) is 48.0. The van der Waals surface area contributed by atoms with Crippen LogP contribution in [0.25, 0.3) is 0 Å². The summed E-state index contributed by atoms with van der Waals surface area (Å²) in [7, 11) is 0. The smallest absolute Gasteiger partial charge is 0.306 e. The third kappa shape index (κ3) is 45.9. The van der Waals surface area contributed by atoms with Crippen LogP contribution in [0.1, 0.15) is 298 Å². The maximum absolute atomic E-state index is 12.8. The van der Waals surface area contributed by atoms with Gasteiger partial charge in [0.05, 0.1) is 0 Å². The second kappa shape index (κ2) is 46.9. The van der Waals surface area contributed by atoms with Crippen molar-refractivity contribution in [2.24, 2.45) is 11.8 Å². The van der Waals surface area contributed by atoms with Crippen molar-refractivity contribution >= 4 is 17.9 Å². The van der Waals surface area contributed by atoms with E-state index in [4.69, 9.17) is 14.2 Å². The van der Waals surface area contributed by atoms with Crippen LogP contribution in [-0.4, -0.2) is 37.2 Å². The van der Waals surface area contributed by atoms with Gasteiger partial charge >= 0.3 is 17.9 Å². The molecule has 0 amide bonds. The molecular weight excluding hydrogens is 745 g/mol. The van der Waals surface area contributed by atoms with Crippen LogP contribution >= 0.6 is 0 Å². The Kier molecular flexibility index (Phi) is 45.7. The fraction of sp³-hybridized carbons (Fsp3) is 0.944. The van der Waals surface area contributed by atoms with Gasteiger partial charge < -0.3 is 14.2 Å². The van der Waals surface area contributed by atoms with Crippen molar-refractivity contribution in [2.75, 3.05) is 13.2 Å². The Bertz CT molecular complexity index is 918. The van der Waals surface area contributed by atoms with Crippen LogP contribution in [0, 0.1) is 11.8 Å². The summed E-state index contributed by atoms with van der Waals surface area (Å²) in [5, 5.41) is 0. The number of esters is 3. The van der Waals surface area contributed by atoms with Crippen molar-refractivity contribution in [3.63, 3.8) is 0 Å². The molecule has 0 fully saturated rings. The largest absolute Gasteiger partial charge is 0.462 e. The Hall–Kier alpha value is -1.59. The molecule has 0 saturated heterocycles. The number of unbranched alkanes of at least 4 members (excludes halogenated alkanes) is 32. The lowest BCUT2D eigenvalue weighted by atomic mass is 9.99. The first kappa shape index (κ1) is 58.4. The first-order valence-electron chi connectivity index (χ1n) is 26.8. The molecule has 0 spiro atoms. The molecule has 0 bridgehead atoms. The van der Waals surface area contributed by atoms with Gasteiger partial charge in [0.25, 0.3) is 0 Å². The number of hydrogen-bond donors (Lipinski definition) is 0. The normalized spacial score (nSPS) is 12.5. The standard InChI is InChI=1S/C54H104O6/c1-6-8-9-10-11-12-17-24-29-34-39-44-52(55)58-47-51(60-54(57)46-41-36-31-26-21-20-22-27-32-37-42-49(3)4)48-59-53(56)45-40-35-30-25-19-16-14-13-15-18-23-28-33-38-43-50(5)7-2/h49-51H,6-48H2,1-5H3/t50?,51-/m1/s1. The molecule has 1 unspecified atom stereocenters. The quantitative estimate of drug-likeness (QED) is 0.0345. The lowest BCUT2D eigenvalue weighted by molar-refractivity contribution is -0.167. The molecule has 2 atom stereocenters. The van der Waals surface area contributed by atoms with Gasteiger partial charge in [-0.15, -0.1) is 0 Å². The molecule has 0 aromatic carbocycles. The maximum Gasteiger partial charge on any atom is 0.306 e. The summed E-state index contributed by atoms with van der Waals surface area (Å²) in [6, 6.07) is 0. The predicted molar refractivity (Wildman–Crippen MR) is 256 cm³/mol. The van der Waals surface area contributed by atoms with Crippen LogP contribution in [-0.2, 0) is 28.6 Å². The van der Waals surface area contributed by atoms with Gasteiger partial charge in [0.15, 0.2) is 6.10 Å². The van der Waals surface area contributed by atoms with Crippen LogP contribution in [0.3, 0.4) is 0 Å². The minimum atomic E-state index is -0.761. The predicted octanol–water partition coefficient (Wildman–Crippen LogP) is 17.3. The molecule has 0 aliphatic rings. The van der Waals surface area contributed by atoms with E-state index in [2.05, 4.69) is 34.6 Å². The summed E-state index contributed by atoms with van der Waals surface area (Å²) >= 11 is 0. The molecule has 0 saturated carbocycles. The zero-order valence-corrected chi connectivity index (χ0v) is 41.1. The second-order valence-electron chi connectivity index (χ2n) is 19.2. The molecule has 0 heterocycles. The SMILES string of the molecule is CCCCCCCCCCCCCC(=O)OC[C@H](COC(=O)CCCCCCCCCCCCCCCCC(C)CC)OC(=O)CCCCCCCCCCCCC(C)C. The number of rotatable bonds is 48. The highest BCUT2D eigenvalue weighted by Crippen LogP contribution is 2.18. The van der Waals surface area contributed by atoms with Crippen molar-refractivity contribution in [1.82, 2.24) is 0 Å². The van der Waals surface area contributed by atoms with E-state index in [0.29, 0.717) is 19.3 Å². The molecule has 60 heavy (non-hydrogen) atoms. The van der Waals surface area contributed by atoms with E-state index in [1.807, 2.05) is 0 Å². The fourth-order valence-electron chi connectivity index (χ4n) is 8.13. The van der Waals surface area contributed by atoms with E-state index in [-0.39, 0.29) is 31.1 Å². The Morgan fingerprint density at radius 3 is 0.950 bits per heavy atom. The Labute approximate surface area is 374 Å². The first-order chi connectivity index (χ1) is 29.3. The molecule has 0 aliphatic carbocycles. The molecule has 0 radical (unpaired) electrons. The minimum absolute atomic E-state index is 0.0635. The summed E-state index contributed by atoms with van der Waals surface area (Å²) in [5.41, 5.74) is 0. The van der Waals surface area contributed by atoms with Crippen molar-refractivity contribution in [2.45, 2.75) is 304 Å². The van der Waals surface area contributed by atoms with Crippen molar-refractivity contribution in [1.29, 1.82) is 0 Å². The van der Waals surface area contributed by atoms with Gasteiger partial charge in [-0.3, -0.25) is 14.4 Å². The molecule has 0 aromatic heterocycles. The topological polar surface area (TPSA) is 78.9 Å². The van der Waals surface area contributed by atoms with Gasteiger partial charge in [0.2, 0.25) is 0 Å². The summed E-state index contributed by atoms with van der Waals surface area (Å²) < 4.78 is 16.8. The molecule has 6 heteroatoms. The molecule has 6 nitrogen and oxygen atoms in total. The van der Waals surface area contributed by atoms with Gasteiger partial charge in [-0.2, -0.15) is 0 Å². The van der Waals surface area contributed by atoms with Crippen molar-refractivity contribution in [3.8, 4) is 0 Å². The third-order valence-corrected chi connectivity index (χ3v) is 12.6. The average Bonchev–Trinajstić information content (AvgIpc) is 3.23. The zero-order chi connectivity index (χ0) is 44.0. The van der Waals surface area contributed by atoms with Gasteiger partial charge in [-0.25, -0.2) is 0 Å². The third-order valence-electron chi connectivity index (χ3n) is 12.6. The highest BCUT2D eigenvalue weighted by atomic mass is 16.6. The van der Waals surface area contributed by atoms with Crippen LogP contribution < -0.4 is 0 Å². The van der Waals surface area contributed by atoms with E-state index in [0.717, 1.165) is 69.6 Å². The van der Waals surface area contributed by atoms with Crippen molar-refractivity contribution in [3.05, 3.63) is 0 Å². The Balaban J connectivity index is 4.27. The average molecular weight is 849 g/mol. The molecule has 0 aliphatic heterocycles. The molecule has 0 aromatic rings. The number of hydrogen-bond acceptors (Lipinski definition) is 6.